The van der Waals surface area contributed by atoms with Crippen LogP contribution < -0.4 is 5.32 Å². The molecule has 1 heterocycles. The van der Waals surface area contributed by atoms with E-state index in [0.29, 0.717) is 17.4 Å². The molecule has 0 amide bonds. The summed E-state index contributed by atoms with van der Waals surface area (Å²) in [5, 5.41) is 13.1. The number of halogens is 1. The molecule has 0 atom stereocenters. The van der Waals surface area contributed by atoms with Crippen molar-refractivity contribution in [3.63, 3.8) is 0 Å². The van der Waals surface area contributed by atoms with E-state index in [1.807, 2.05) is 24.3 Å². The molecule has 21 heavy (non-hydrogen) atoms. The molecule has 0 spiro atoms. The number of rotatable bonds is 4. The van der Waals surface area contributed by atoms with Crippen LogP contribution in [0.25, 0.3) is 0 Å². The highest BCUT2D eigenvalue weighted by Crippen LogP contribution is 2.25. The molecule has 1 aromatic heterocycles. The first kappa shape index (κ1) is 13.9. The lowest BCUT2D eigenvalue weighted by molar-refractivity contribution is 0.0697. The van der Waals surface area contributed by atoms with Gasteiger partial charge in [-0.1, -0.05) is 23.7 Å². The van der Waals surface area contributed by atoms with Crippen molar-refractivity contribution in [2.75, 3.05) is 5.32 Å². The Bertz CT molecular complexity index is 683. The number of nitrogens with zero attached hydrogens (tertiary/aromatic N) is 1. The Kier molecular flexibility index (Phi) is 3.80. The molecule has 0 fully saturated rings. The van der Waals surface area contributed by atoms with E-state index >= 15 is 0 Å². The summed E-state index contributed by atoms with van der Waals surface area (Å²) in [6.07, 6.45) is 2.88. The summed E-state index contributed by atoms with van der Waals surface area (Å²) < 4.78 is 0. The van der Waals surface area contributed by atoms with Gasteiger partial charge in [-0.05, 0) is 48.6 Å². The molecule has 0 bridgehead atoms. The number of nitrogens with one attached hydrogen (secondary N) is 1. The number of fused-ring (bicyclic) bond motifs is 1. The number of hydrogen-bond donors (Lipinski definition) is 2. The summed E-state index contributed by atoms with van der Waals surface area (Å²) in [5.41, 5.74) is 3.34. The van der Waals surface area contributed by atoms with Crippen LogP contribution in [0.1, 0.15) is 33.6 Å². The first-order valence-corrected chi connectivity index (χ1v) is 7.25. The van der Waals surface area contributed by atoms with Gasteiger partial charge in [-0.15, -0.1) is 0 Å². The molecule has 0 saturated heterocycles. The molecular weight excluding hydrogens is 288 g/mol. The zero-order chi connectivity index (χ0) is 14.8. The third-order valence-electron chi connectivity index (χ3n) is 3.65. The largest absolute Gasteiger partial charge is 0.478 e. The van der Waals surface area contributed by atoms with Crippen molar-refractivity contribution < 1.29 is 9.90 Å². The molecule has 1 aliphatic rings. The van der Waals surface area contributed by atoms with Crippen LogP contribution in [0.15, 0.2) is 30.3 Å². The Hall–Kier alpha value is -2.07. The van der Waals surface area contributed by atoms with E-state index in [1.54, 1.807) is 6.07 Å². The highest BCUT2D eigenvalue weighted by atomic mass is 35.5. The Morgan fingerprint density at radius 2 is 2.05 bits per heavy atom. The number of carbonyl (C=O) groups is 1. The van der Waals surface area contributed by atoms with Gasteiger partial charge in [0.2, 0.25) is 0 Å². The quantitative estimate of drug-likeness (QED) is 0.907. The van der Waals surface area contributed by atoms with Crippen LogP contribution in [0.4, 0.5) is 5.82 Å². The number of hydrogen-bond acceptors (Lipinski definition) is 3. The van der Waals surface area contributed by atoms with E-state index in [-0.39, 0.29) is 5.56 Å². The van der Waals surface area contributed by atoms with Gasteiger partial charge >= 0.3 is 5.97 Å². The molecule has 4 nitrogen and oxygen atoms in total. The van der Waals surface area contributed by atoms with E-state index in [9.17, 15) is 9.90 Å². The van der Waals surface area contributed by atoms with Crippen LogP contribution in [-0.4, -0.2) is 16.1 Å². The van der Waals surface area contributed by atoms with Gasteiger partial charge in [0, 0.05) is 17.3 Å². The Morgan fingerprint density at radius 3 is 2.76 bits per heavy atom. The molecule has 0 unspecified atom stereocenters. The third kappa shape index (κ3) is 3.00. The fourth-order valence-corrected chi connectivity index (χ4v) is 2.68. The van der Waals surface area contributed by atoms with Gasteiger partial charge in [-0.25, -0.2) is 9.78 Å². The molecule has 2 aromatic rings. The molecule has 3 rings (SSSR count). The molecule has 5 heteroatoms. The van der Waals surface area contributed by atoms with Crippen LogP contribution in [-0.2, 0) is 19.4 Å². The lowest BCUT2D eigenvalue weighted by Gasteiger charge is -2.11. The smallest absolute Gasteiger partial charge is 0.339 e. The van der Waals surface area contributed by atoms with Crippen molar-refractivity contribution in [1.29, 1.82) is 0 Å². The Morgan fingerprint density at radius 1 is 1.29 bits per heavy atom. The number of aryl methyl sites for hydroxylation is 2. The van der Waals surface area contributed by atoms with E-state index in [2.05, 4.69) is 10.3 Å². The van der Waals surface area contributed by atoms with Crippen molar-refractivity contribution in [2.45, 2.75) is 25.8 Å². The van der Waals surface area contributed by atoms with Crippen LogP contribution in [0.3, 0.4) is 0 Å². The average Bonchev–Trinajstić information content (AvgIpc) is 2.92. The number of anilines is 1. The van der Waals surface area contributed by atoms with Crippen LogP contribution >= 0.6 is 11.6 Å². The van der Waals surface area contributed by atoms with Gasteiger partial charge in [0.1, 0.15) is 11.4 Å². The minimum Gasteiger partial charge on any atom is -0.478 e. The zero-order valence-electron chi connectivity index (χ0n) is 11.4. The van der Waals surface area contributed by atoms with Crippen LogP contribution in [0.2, 0.25) is 5.02 Å². The van der Waals surface area contributed by atoms with Gasteiger partial charge in [0.25, 0.3) is 0 Å². The summed E-state index contributed by atoms with van der Waals surface area (Å²) >= 11 is 5.85. The van der Waals surface area contributed by atoms with Crippen LogP contribution in [0.5, 0.6) is 0 Å². The minimum atomic E-state index is -0.948. The second-order valence-corrected chi connectivity index (χ2v) is 5.57. The minimum absolute atomic E-state index is 0.240. The Balaban J connectivity index is 1.84. The predicted molar refractivity (Wildman–Crippen MR) is 82.0 cm³/mol. The molecule has 1 aromatic carbocycles. The van der Waals surface area contributed by atoms with E-state index in [1.165, 1.54) is 0 Å². The monoisotopic (exact) mass is 302 g/mol. The molecular formula is C16H15ClN2O2. The second-order valence-electron chi connectivity index (χ2n) is 5.13. The summed E-state index contributed by atoms with van der Waals surface area (Å²) in [6, 6.07) is 9.19. The second kappa shape index (κ2) is 5.74. The maximum atomic E-state index is 11.4. The summed E-state index contributed by atoms with van der Waals surface area (Å²) in [6.45, 7) is 0.517. The lowest BCUT2D eigenvalue weighted by Crippen LogP contribution is -2.10. The topological polar surface area (TPSA) is 62.2 Å². The van der Waals surface area contributed by atoms with E-state index in [4.69, 9.17) is 11.6 Å². The molecule has 1 aliphatic carbocycles. The summed E-state index contributed by atoms with van der Waals surface area (Å²) in [4.78, 5) is 15.9. The SMILES string of the molecule is O=C(O)c1cc2c(nc1NCc1ccc(Cl)cc1)CCC2. The lowest BCUT2D eigenvalue weighted by atomic mass is 10.1. The molecule has 2 N–H and O–H groups in total. The molecule has 0 aliphatic heterocycles. The Labute approximate surface area is 127 Å². The molecule has 0 radical (unpaired) electrons. The number of carboxylic acids is 1. The fraction of sp³-hybridized carbons (Fsp3) is 0.250. The number of carboxylic acid groups (broad SMARTS) is 1. The van der Waals surface area contributed by atoms with E-state index < -0.39 is 5.97 Å². The zero-order valence-corrected chi connectivity index (χ0v) is 12.2. The third-order valence-corrected chi connectivity index (χ3v) is 3.91. The summed E-state index contributed by atoms with van der Waals surface area (Å²) in [5.74, 6) is -0.506. The van der Waals surface area contributed by atoms with Crippen molar-refractivity contribution in [2.24, 2.45) is 0 Å². The average molecular weight is 303 g/mol. The predicted octanol–water partition coefficient (Wildman–Crippen LogP) is 3.53. The maximum Gasteiger partial charge on any atom is 0.339 e. The van der Waals surface area contributed by atoms with Crippen molar-refractivity contribution in [3.05, 3.63) is 57.7 Å². The first-order valence-electron chi connectivity index (χ1n) is 6.88. The number of benzene rings is 1. The molecule has 108 valence electrons. The number of aromatic nitrogens is 1. The highest BCUT2D eigenvalue weighted by Gasteiger charge is 2.19. The normalized spacial score (nSPS) is 13.0. The first-order chi connectivity index (χ1) is 10.1. The molecule has 0 saturated carbocycles. The van der Waals surface area contributed by atoms with Crippen LogP contribution in [0, 0.1) is 0 Å². The highest BCUT2D eigenvalue weighted by molar-refractivity contribution is 6.30. The van der Waals surface area contributed by atoms with Crippen molar-refractivity contribution >= 4 is 23.4 Å². The number of pyridine rings is 1. The van der Waals surface area contributed by atoms with Gasteiger partial charge in [-0.2, -0.15) is 0 Å². The van der Waals surface area contributed by atoms with Gasteiger partial charge in [0.15, 0.2) is 0 Å². The van der Waals surface area contributed by atoms with Crippen molar-refractivity contribution in [1.82, 2.24) is 4.98 Å². The van der Waals surface area contributed by atoms with E-state index in [0.717, 1.165) is 36.1 Å². The van der Waals surface area contributed by atoms with Gasteiger partial charge < -0.3 is 10.4 Å². The summed E-state index contributed by atoms with van der Waals surface area (Å²) in [7, 11) is 0. The number of aromatic carboxylic acids is 1. The maximum absolute atomic E-state index is 11.4. The fourth-order valence-electron chi connectivity index (χ4n) is 2.56. The van der Waals surface area contributed by atoms with Crippen molar-refractivity contribution in [3.8, 4) is 0 Å². The van der Waals surface area contributed by atoms with Gasteiger partial charge in [-0.3, -0.25) is 0 Å². The standard InChI is InChI=1S/C16H15ClN2O2/c17-12-6-4-10(5-7-12)9-18-15-13(16(20)21)8-11-2-1-3-14(11)19-15/h4-8H,1-3,9H2,(H,18,19)(H,20,21). The van der Waals surface area contributed by atoms with Gasteiger partial charge in [0.05, 0.1) is 0 Å².